The van der Waals surface area contributed by atoms with Gasteiger partial charge in [-0.2, -0.15) is 0 Å². The van der Waals surface area contributed by atoms with Gasteiger partial charge in [0.05, 0.1) is 4.47 Å². The number of rotatable bonds is 6. The van der Waals surface area contributed by atoms with Crippen molar-refractivity contribution >= 4 is 15.9 Å². The fourth-order valence-corrected chi connectivity index (χ4v) is 1.53. The Kier molecular flexibility index (Phi) is 5.65. The first kappa shape index (κ1) is 14.2. The lowest BCUT2D eigenvalue weighted by Gasteiger charge is -2.12. The Morgan fingerprint density at radius 3 is 2.88 bits per heavy atom. The van der Waals surface area contributed by atoms with Crippen molar-refractivity contribution in [2.24, 2.45) is 0 Å². The van der Waals surface area contributed by atoms with Crippen LogP contribution in [0.15, 0.2) is 34.8 Å². The van der Waals surface area contributed by atoms with E-state index in [-0.39, 0.29) is 5.82 Å². The van der Waals surface area contributed by atoms with Gasteiger partial charge in [-0.15, -0.1) is 0 Å². The summed E-state index contributed by atoms with van der Waals surface area (Å²) in [4.78, 5) is 0. The second-order valence-corrected chi connectivity index (χ2v) is 5.00. The first-order valence-electron chi connectivity index (χ1n) is 5.47. The van der Waals surface area contributed by atoms with Crippen LogP contribution in [0.2, 0.25) is 0 Å². The molecule has 0 aliphatic rings. The topological polar surface area (TPSA) is 21.3 Å². The Morgan fingerprint density at radius 1 is 1.53 bits per heavy atom. The summed E-state index contributed by atoms with van der Waals surface area (Å²) in [5.41, 5.74) is 0.926. The molecule has 0 aliphatic heterocycles. The zero-order chi connectivity index (χ0) is 12.8. The van der Waals surface area contributed by atoms with Crippen LogP contribution in [0.1, 0.15) is 13.8 Å². The van der Waals surface area contributed by atoms with Crippen molar-refractivity contribution in [1.82, 2.24) is 5.32 Å². The molecule has 17 heavy (non-hydrogen) atoms. The molecular formula is C13H17BrFNO. The lowest BCUT2D eigenvalue weighted by atomic mass is 10.3. The smallest absolute Gasteiger partial charge is 0.136 e. The molecule has 0 fully saturated rings. The molecule has 0 amide bonds. The minimum absolute atomic E-state index is 0.311. The summed E-state index contributed by atoms with van der Waals surface area (Å²) in [5.74, 6) is 0.185. The molecule has 0 saturated heterocycles. The number of hydrogen-bond donors (Lipinski definition) is 1. The van der Waals surface area contributed by atoms with Gasteiger partial charge < -0.3 is 10.1 Å². The van der Waals surface area contributed by atoms with Crippen LogP contribution in [0.4, 0.5) is 4.39 Å². The monoisotopic (exact) mass is 301 g/mol. The summed E-state index contributed by atoms with van der Waals surface area (Å²) < 4.78 is 19.2. The minimum atomic E-state index is -0.311. The Morgan fingerprint density at radius 2 is 2.24 bits per heavy atom. The van der Waals surface area contributed by atoms with E-state index >= 15 is 0 Å². The maximum absolute atomic E-state index is 13.0. The molecule has 2 nitrogen and oxygen atoms in total. The maximum Gasteiger partial charge on any atom is 0.136 e. The number of halogens is 2. The second-order valence-electron chi connectivity index (χ2n) is 4.15. The fourth-order valence-electron chi connectivity index (χ4n) is 1.17. The van der Waals surface area contributed by atoms with Crippen LogP contribution in [0.25, 0.3) is 0 Å². The highest BCUT2D eigenvalue weighted by atomic mass is 79.9. The Hall–Kier alpha value is -0.870. The molecule has 1 N–H and O–H groups in total. The van der Waals surface area contributed by atoms with Crippen molar-refractivity contribution in [2.75, 3.05) is 13.2 Å². The Labute approximate surface area is 110 Å². The molecule has 0 bridgehead atoms. The highest BCUT2D eigenvalue weighted by Gasteiger charge is 2.04. The van der Waals surface area contributed by atoms with Gasteiger partial charge in [-0.05, 0) is 33.6 Å². The summed E-state index contributed by atoms with van der Waals surface area (Å²) >= 11 is 3.31. The number of hydrogen-bond acceptors (Lipinski definition) is 2. The molecule has 0 unspecified atom stereocenters. The molecule has 94 valence electrons. The van der Waals surface area contributed by atoms with E-state index in [9.17, 15) is 4.39 Å². The van der Waals surface area contributed by atoms with E-state index in [2.05, 4.69) is 41.7 Å². The van der Waals surface area contributed by atoms with Crippen LogP contribution in [-0.2, 0) is 0 Å². The molecule has 0 heterocycles. The van der Waals surface area contributed by atoms with Crippen LogP contribution in [0.3, 0.4) is 0 Å². The average molecular weight is 302 g/mol. The van der Waals surface area contributed by atoms with Crippen molar-refractivity contribution in [3.05, 3.63) is 40.6 Å². The molecular weight excluding hydrogens is 285 g/mol. The molecule has 0 atom stereocenters. The van der Waals surface area contributed by atoms with Crippen LogP contribution in [0, 0.1) is 5.82 Å². The predicted octanol–water partition coefficient (Wildman–Crippen LogP) is 3.52. The Balaban J connectivity index is 2.44. The lowest BCUT2D eigenvalue weighted by molar-refractivity contribution is 0.343. The van der Waals surface area contributed by atoms with E-state index in [1.54, 1.807) is 6.07 Å². The zero-order valence-electron chi connectivity index (χ0n) is 10.1. The van der Waals surface area contributed by atoms with E-state index in [0.29, 0.717) is 24.9 Å². The second kappa shape index (κ2) is 6.77. The van der Waals surface area contributed by atoms with E-state index in [0.717, 1.165) is 10.0 Å². The quantitative estimate of drug-likeness (QED) is 0.812. The molecule has 0 saturated carbocycles. The van der Waals surface area contributed by atoms with Gasteiger partial charge in [0.25, 0.3) is 0 Å². The summed E-state index contributed by atoms with van der Waals surface area (Å²) in [6.45, 7) is 9.11. The van der Waals surface area contributed by atoms with E-state index < -0.39 is 0 Å². The third-order valence-corrected chi connectivity index (χ3v) is 2.74. The van der Waals surface area contributed by atoms with Gasteiger partial charge in [0.1, 0.15) is 18.2 Å². The first-order chi connectivity index (χ1) is 7.99. The van der Waals surface area contributed by atoms with Crippen LogP contribution in [0.5, 0.6) is 5.75 Å². The molecule has 0 aliphatic carbocycles. The van der Waals surface area contributed by atoms with E-state index in [1.807, 2.05) is 0 Å². The SMILES string of the molecule is C=C(CNC(C)C)COc1cc(F)ccc1Br. The van der Waals surface area contributed by atoms with Crippen molar-refractivity contribution in [3.63, 3.8) is 0 Å². The molecule has 0 radical (unpaired) electrons. The van der Waals surface area contributed by atoms with Crippen molar-refractivity contribution < 1.29 is 9.13 Å². The number of ether oxygens (including phenoxy) is 1. The fraction of sp³-hybridized carbons (Fsp3) is 0.385. The standard InChI is InChI=1S/C13H17BrFNO/c1-9(2)16-7-10(3)8-17-13-6-11(15)4-5-12(13)14/h4-6,9,16H,3,7-8H2,1-2H3. The number of nitrogens with one attached hydrogen (secondary N) is 1. The molecule has 1 aromatic rings. The van der Waals surface area contributed by atoms with E-state index in [4.69, 9.17) is 4.74 Å². The molecule has 0 spiro atoms. The van der Waals surface area contributed by atoms with Gasteiger partial charge >= 0.3 is 0 Å². The van der Waals surface area contributed by atoms with Crippen molar-refractivity contribution in [3.8, 4) is 5.75 Å². The van der Waals surface area contributed by atoms with Crippen LogP contribution >= 0.6 is 15.9 Å². The van der Waals surface area contributed by atoms with Gasteiger partial charge in [-0.25, -0.2) is 4.39 Å². The van der Waals surface area contributed by atoms with Crippen LogP contribution < -0.4 is 10.1 Å². The van der Waals surface area contributed by atoms with Gasteiger partial charge in [0.2, 0.25) is 0 Å². The number of benzene rings is 1. The van der Waals surface area contributed by atoms with Crippen molar-refractivity contribution in [1.29, 1.82) is 0 Å². The minimum Gasteiger partial charge on any atom is -0.488 e. The highest BCUT2D eigenvalue weighted by Crippen LogP contribution is 2.25. The Bertz CT molecular complexity index is 393. The predicted molar refractivity (Wildman–Crippen MR) is 71.9 cm³/mol. The third-order valence-electron chi connectivity index (χ3n) is 2.09. The summed E-state index contributed by atoms with van der Waals surface area (Å²) in [7, 11) is 0. The molecule has 4 heteroatoms. The third kappa shape index (κ3) is 5.33. The summed E-state index contributed by atoms with van der Waals surface area (Å²) in [6, 6.07) is 4.77. The van der Waals surface area contributed by atoms with Gasteiger partial charge in [-0.3, -0.25) is 0 Å². The highest BCUT2D eigenvalue weighted by molar-refractivity contribution is 9.10. The van der Waals surface area contributed by atoms with Gasteiger partial charge in [0.15, 0.2) is 0 Å². The molecule has 1 rings (SSSR count). The van der Waals surface area contributed by atoms with E-state index in [1.165, 1.54) is 12.1 Å². The van der Waals surface area contributed by atoms with Gasteiger partial charge in [-0.1, -0.05) is 20.4 Å². The molecule has 1 aromatic carbocycles. The maximum atomic E-state index is 13.0. The van der Waals surface area contributed by atoms with Crippen molar-refractivity contribution in [2.45, 2.75) is 19.9 Å². The zero-order valence-corrected chi connectivity index (χ0v) is 11.7. The summed E-state index contributed by atoms with van der Waals surface area (Å²) in [6.07, 6.45) is 0. The normalized spacial score (nSPS) is 10.6. The van der Waals surface area contributed by atoms with Gasteiger partial charge in [0, 0.05) is 18.7 Å². The average Bonchev–Trinajstić information content (AvgIpc) is 2.27. The lowest BCUT2D eigenvalue weighted by Crippen LogP contribution is -2.26. The van der Waals surface area contributed by atoms with Crippen LogP contribution in [-0.4, -0.2) is 19.2 Å². The first-order valence-corrected chi connectivity index (χ1v) is 6.26. The largest absolute Gasteiger partial charge is 0.488 e. The molecule has 0 aromatic heterocycles. The summed E-state index contributed by atoms with van der Waals surface area (Å²) in [5, 5.41) is 3.24.